The van der Waals surface area contributed by atoms with Crippen LogP contribution in [0.25, 0.3) is 22.0 Å². The molecule has 3 aromatic rings. The molecule has 0 aliphatic rings. The molecular weight excluding hydrogens is 267 g/mol. The fourth-order valence-corrected chi connectivity index (χ4v) is 2.37. The van der Waals surface area contributed by atoms with Gasteiger partial charge in [0.05, 0.1) is 7.11 Å². The minimum Gasteiger partial charge on any atom is -0.481 e. The molecule has 2 aromatic heterocycles. The summed E-state index contributed by atoms with van der Waals surface area (Å²) in [5.41, 5.74) is 3.31. The minimum atomic E-state index is -0.247. The highest BCUT2D eigenvalue weighted by Gasteiger charge is 2.11. The van der Waals surface area contributed by atoms with Crippen LogP contribution < -0.4 is 4.74 Å². The summed E-state index contributed by atoms with van der Waals surface area (Å²) in [4.78, 5) is 7.47. The van der Waals surface area contributed by atoms with Gasteiger partial charge in [0, 0.05) is 40.0 Å². The second-order valence-corrected chi connectivity index (χ2v) is 5.39. The molecule has 1 N–H and O–H groups in total. The highest BCUT2D eigenvalue weighted by molar-refractivity contribution is 5.86. The van der Waals surface area contributed by atoms with Gasteiger partial charge in [-0.1, -0.05) is 13.8 Å². The molecule has 0 atom stereocenters. The van der Waals surface area contributed by atoms with Gasteiger partial charge in [-0.25, -0.2) is 9.37 Å². The van der Waals surface area contributed by atoms with Gasteiger partial charge in [0.25, 0.3) is 0 Å². The summed E-state index contributed by atoms with van der Waals surface area (Å²) >= 11 is 0. The Bertz CT molecular complexity index is 775. The van der Waals surface area contributed by atoms with Crippen LogP contribution in [0, 0.1) is 5.82 Å². The van der Waals surface area contributed by atoms with Crippen molar-refractivity contribution < 1.29 is 9.13 Å². The lowest BCUT2D eigenvalue weighted by Crippen LogP contribution is -1.89. The minimum absolute atomic E-state index is 0.247. The van der Waals surface area contributed by atoms with Crippen LogP contribution in [0.1, 0.15) is 25.5 Å². The molecule has 0 bridgehead atoms. The fourth-order valence-electron chi connectivity index (χ4n) is 2.37. The molecule has 3 rings (SSSR count). The molecule has 0 aliphatic carbocycles. The smallest absolute Gasteiger partial charge is 0.212 e. The maximum absolute atomic E-state index is 14.3. The van der Waals surface area contributed by atoms with E-state index in [4.69, 9.17) is 4.74 Å². The summed E-state index contributed by atoms with van der Waals surface area (Å²) < 4.78 is 19.3. The zero-order valence-corrected chi connectivity index (χ0v) is 12.3. The first kappa shape index (κ1) is 13.6. The molecule has 108 valence electrons. The Morgan fingerprint density at radius 2 is 2.00 bits per heavy atom. The summed E-state index contributed by atoms with van der Waals surface area (Å²) in [5.74, 6) is 0.651. The van der Waals surface area contributed by atoms with E-state index in [9.17, 15) is 4.39 Å². The van der Waals surface area contributed by atoms with E-state index in [-0.39, 0.29) is 5.82 Å². The predicted molar refractivity (Wildman–Crippen MR) is 82.1 cm³/mol. The lowest BCUT2D eigenvalue weighted by molar-refractivity contribution is 0.398. The van der Waals surface area contributed by atoms with E-state index >= 15 is 0 Å². The Morgan fingerprint density at radius 3 is 2.62 bits per heavy atom. The molecule has 0 saturated carbocycles. The van der Waals surface area contributed by atoms with E-state index in [1.165, 1.54) is 0 Å². The molecule has 2 heterocycles. The molecule has 3 nitrogen and oxygen atoms in total. The van der Waals surface area contributed by atoms with Crippen LogP contribution in [0.4, 0.5) is 4.39 Å². The Labute approximate surface area is 122 Å². The van der Waals surface area contributed by atoms with Crippen LogP contribution in [0.5, 0.6) is 5.88 Å². The number of ether oxygens (including phenoxy) is 1. The molecule has 1 aromatic carbocycles. The van der Waals surface area contributed by atoms with Crippen LogP contribution in [0.3, 0.4) is 0 Å². The summed E-state index contributed by atoms with van der Waals surface area (Å²) in [6.07, 6.45) is 1.62. The molecule has 0 fully saturated rings. The third kappa shape index (κ3) is 2.49. The van der Waals surface area contributed by atoms with Gasteiger partial charge in [0.15, 0.2) is 0 Å². The highest BCUT2D eigenvalue weighted by Crippen LogP contribution is 2.29. The molecule has 21 heavy (non-hydrogen) atoms. The lowest BCUT2D eigenvalue weighted by Gasteiger charge is -2.05. The Kier molecular flexibility index (Phi) is 3.37. The van der Waals surface area contributed by atoms with Gasteiger partial charge in [-0.2, -0.15) is 0 Å². The zero-order chi connectivity index (χ0) is 15.0. The Morgan fingerprint density at radius 1 is 1.19 bits per heavy atom. The van der Waals surface area contributed by atoms with Gasteiger partial charge in [0.1, 0.15) is 5.82 Å². The largest absolute Gasteiger partial charge is 0.481 e. The number of aromatic amines is 1. The van der Waals surface area contributed by atoms with E-state index in [2.05, 4.69) is 23.8 Å². The number of hydrogen-bond acceptors (Lipinski definition) is 2. The number of fused-ring (bicyclic) bond motifs is 1. The Hall–Kier alpha value is -2.36. The first-order chi connectivity index (χ1) is 10.1. The maximum Gasteiger partial charge on any atom is 0.212 e. The normalized spacial score (nSPS) is 11.3. The SMILES string of the molecule is COc1ccc(-c2cc3[nH]c(C(C)C)cc3cc2F)cn1. The quantitative estimate of drug-likeness (QED) is 0.769. The number of H-pyrrole nitrogens is 1. The molecule has 0 amide bonds. The van der Waals surface area contributed by atoms with Gasteiger partial charge >= 0.3 is 0 Å². The van der Waals surface area contributed by atoms with Crippen molar-refractivity contribution in [1.82, 2.24) is 9.97 Å². The number of halogens is 1. The van der Waals surface area contributed by atoms with Crippen LogP contribution in [0.15, 0.2) is 36.5 Å². The van der Waals surface area contributed by atoms with Crippen molar-refractivity contribution in [3.05, 3.63) is 48.0 Å². The van der Waals surface area contributed by atoms with Crippen LogP contribution in [-0.4, -0.2) is 17.1 Å². The number of aromatic nitrogens is 2. The van der Waals surface area contributed by atoms with E-state index in [0.717, 1.165) is 22.2 Å². The van der Waals surface area contributed by atoms with Crippen molar-refractivity contribution >= 4 is 10.9 Å². The average Bonchev–Trinajstić information content (AvgIpc) is 2.89. The maximum atomic E-state index is 14.3. The third-order valence-corrected chi connectivity index (χ3v) is 3.61. The van der Waals surface area contributed by atoms with E-state index < -0.39 is 0 Å². The molecule has 4 heteroatoms. The third-order valence-electron chi connectivity index (χ3n) is 3.61. The average molecular weight is 284 g/mol. The number of nitrogens with zero attached hydrogens (tertiary/aromatic N) is 1. The molecular formula is C17H17FN2O. The van der Waals surface area contributed by atoms with Gasteiger partial charge < -0.3 is 9.72 Å². The highest BCUT2D eigenvalue weighted by atomic mass is 19.1. The van der Waals surface area contributed by atoms with Gasteiger partial charge in [-0.05, 0) is 30.2 Å². The topological polar surface area (TPSA) is 37.9 Å². The van der Waals surface area contributed by atoms with Crippen molar-refractivity contribution in [2.45, 2.75) is 19.8 Å². The van der Waals surface area contributed by atoms with Crippen molar-refractivity contribution in [1.29, 1.82) is 0 Å². The van der Waals surface area contributed by atoms with Crippen molar-refractivity contribution in [2.75, 3.05) is 7.11 Å². The summed E-state index contributed by atoms with van der Waals surface area (Å²) in [6.45, 7) is 4.21. The van der Waals surface area contributed by atoms with Crippen LogP contribution >= 0.6 is 0 Å². The lowest BCUT2D eigenvalue weighted by atomic mass is 10.1. The van der Waals surface area contributed by atoms with Gasteiger partial charge in [0.2, 0.25) is 5.88 Å². The number of rotatable bonds is 3. The van der Waals surface area contributed by atoms with Crippen molar-refractivity contribution in [2.24, 2.45) is 0 Å². The second-order valence-electron chi connectivity index (χ2n) is 5.39. The predicted octanol–water partition coefficient (Wildman–Crippen LogP) is 4.50. The molecule has 0 saturated heterocycles. The number of nitrogens with one attached hydrogen (secondary N) is 1. The zero-order valence-electron chi connectivity index (χ0n) is 12.3. The van der Waals surface area contributed by atoms with Gasteiger partial charge in [-0.15, -0.1) is 0 Å². The monoisotopic (exact) mass is 284 g/mol. The van der Waals surface area contributed by atoms with Crippen molar-refractivity contribution in [3.8, 4) is 17.0 Å². The number of pyridine rings is 1. The van der Waals surface area contributed by atoms with E-state index in [0.29, 0.717) is 17.4 Å². The number of benzene rings is 1. The summed E-state index contributed by atoms with van der Waals surface area (Å²) in [5, 5.41) is 0.890. The fraction of sp³-hybridized carbons (Fsp3) is 0.235. The van der Waals surface area contributed by atoms with Crippen molar-refractivity contribution in [3.63, 3.8) is 0 Å². The van der Waals surface area contributed by atoms with Crippen LogP contribution in [-0.2, 0) is 0 Å². The van der Waals surface area contributed by atoms with Gasteiger partial charge in [-0.3, -0.25) is 0 Å². The molecule has 0 radical (unpaired) electrons. The Balaban J connectivity index is 2.10. The summed E-state index contributed by atoms with van der Waals surface area (Å²) in [7, 11) is 1.56. The molecule has 0 aliphatic heterocycles. The number of methoxy groups -OCH3 is 1. The first-order valence-electron chi connectivity index (χ1n) is 6.91. The standard InChI is InChI=1S/C17H17FN2O/c1-10(2)15-7-12-6-14(18)13(8-16(12)20-15)11-4-5-17(21-3)19-9-11/h4-10,20H,1-3H3. The van der Waals surface area contributed by atoms with E-state index in [1.807, 2.05) is 18.2 Å². The molecule has 0 unspecified atom stereocenters. The first-order valence-corrected chi connectivity index (χ1v) is 6.91. The molecule has 0 spiro atoms. The number of hydrogen-bond donors (Lipinski definition) is 1. The second kappa shape index (κ2) is 5.20. The van der Waals surface area contributed by atoms with Crippen LogP contribution in [0.2, 0.25) is 0 Å². The van der Waals surface area contributed by atoms with E-state index in [1.54, 1.807) is 25.4 Å². The summed E-state index contributed by atoms with van der Waals surface area (Å²) in [6, 6.07) is 8.94.